The fourth-order valence-electron chi connectivity index (χ4n) is 2.29. The first-order valence-corrected chi connectivity index (χ1v) is 6.04. The lowest BCUT2D eigenvalue weighted by Crippen LogP contribution is -1.94. The number of ether oxygens (including phenoxy) is 1. The van der Waals surface area contributed by atoms with E-state index < -0.39 is 0 Å². The fourth-order valence-corrected chi connectivity index (χ4v) is 2.29. The Bertz CT molecular complexity index is 588. The van der Waals surface area contributed by atoms with Gasteiger partial charge in [-0.1, -0.05) is 12.1 Å². The van der Waals surface area contributed by atoms with Crippen LogP contribution in [0.1, 0.15) is 16.7 Å². The largest absolute Gasteiger partial charge is 0.496 e. The van der Waals surface area contributed by atoms with Gasteiger partial charge in [-0.25, -0.2) is 0 Å². The molecule has 94 valence electrons. The van der Waals surface area contributed by atoms with Gasteiger partial charge in [0.05, 0.1) is 7.11 Å². The van der Waals surface area contributed by atoms with Gasteiger partial charge in [0, 0.05) is 11.3 Å². The van der Waals surface area contributed by atoms with Crippen LogP contribution in [0.4, 0.5) is 5.69 Å². The van der Waals surface area contributed by atoms with Gasteiger partial charge in [-0.2, -0.15) is 0 Å². The number of nitrogens with two attached hydrogens (primary N) is 1. The van der Waals surface area contributed by atoms with E-state index in [4.69, 9.17) is 10.5 Å². The Morgan fingerprint density at radius 1 is 0.944 bits per heavy atom. The Balaban J connectivity index is 2.66. The molecule has 0 fully saturated rings. The van der Waals surface area contributed by atoms with Crippen LogP contribution in [0, 0.1) is 20.8 Å². The van der Waals surface area contributed by atoms with Crippen molar-refractivity contribution >= 4 is 5.69 Å². The molecule has 0 unspecified atom stereocenters. The van der Waals surface area contributed by atoms with E-state index in [0.29, 0.717) is 0 Å². The summed E-state index contributed by atoms with van der Waals surface area (Å²) in [6.07, 6.45) is 0. The van der Waals surface area contributed by atoms with Crippen molar-refractivity contribution < 1.29 is 4.74 Å². The molecule has 2 aromatic carbocycles. The van der Waals surface area contributed by atoms with E-state index in [1.54, 1.807) is 7.11 Å². The van der Waals surface area contributed by atoms with Crippen molar-refractivity contribution in [3.05, 3.63) is 47.0 Å². The molecular formula is C16H19NO. The van der Waals surface area contributed by atoms with E-state index in [9.17, 15) is 0 Å². The maximum Gasteiger partial charge on any atom is 0.127 e. The van der Waals surface area contributed by atoms with Crippen LogP contribution in [-0.2, 0) is 0 Å². The molecular weight excluding hydrogens is 222 g/mol. The quantitative estimate of drug-likeness (QED) is 0.810. The molecule has 2 N–H and O–H groups in total. The van der Waals surface area contributed by atoms with Crippen LogP contribution in [0.25, 0.3) is 11.1 Å². The highest BCUT2D eigenvalue weighted by atomic mass is 16.5. The molecule has 0 aromatic heterocycles. The molecule has 0 spiro atoms. The minimum atomic E-state index is 0.822. The first-order chi connectivity index (χ1) is 8.52. The molecule has 0 saturated carbocycles. The number of benzene rings is 2. The fraction of sp³-hybridized carbons (Fsp3) is 0.250. The first-order valence-electron chi connectivity index (χ1n) is 6.04. The van der Waals surface area contributed by atoms with Gasteiger partial charge in [0.2, 0.25) is 0 Å². The van der Waals surface area contributed by atoms with Gasteiger partial charge in [0.25, 0.3) is 0 Å². The summed E-state index contributed by atoms with van der Waals surface area (Å²) in [4.78, 5) is 0. The molecule has 0 aliphatic rings. The van der Waals surface area contributed by atoms with Crippen LogP contribution in [0.2, 0.25) is 0 Å². The standard InChI is InChI=1S/C16H19NO/c1-10-7-12(3)16(15(8-10)18-4)13-5-6-14(17)11(2)9-13/h5-9H,17H2,1-4H3. The Kier molecular flexibility index (Phi) is 3.28. The number of aryl methyl sites for hydroxylation is 3. The Morgan fingerprint density at radius 3 is 2.28 bits per heavy atom. The van der Waals surface area contributed by atoms with Crippen molar-refractivity contribution in [3.63, 3.8) is 0 Å². The van der Waals surface area contributed by atoms with Gasteiger partial charge in [0.1, 0.15) is 5.75 Å². The molecule has 0 atom stereocenters. The molecule has 0 heterocycles. The van der Waals surface area contributed by atoms with Gasteiger partial charge >= 0.3 is 0 Å². The smallest absolute Gasteiger partial charge is 0.127 e. The summed E-state index contributed by atoms with van der Waals surface area (Å²) >= 11 is 0. The number of hydrogen-bond donors (Lipinski definition) is 1. The highest BCUT2D eigenvalue weighted by molar-refractivity contribution is 5.76. The van der Waals surface area contributed by atoms with Crippen LogP contribution in [0.15, 0.2) is 30.3 Å². The summed E-state index contributed by atoms with van der Waals surface area (Å²) in [5.41, 5.74) is 12.5. The molecule has 0 bridgehead atoms. The molecule has 2 aromatic rings. The Hall–Kier alpha value is -1.96. The second kappa shape index (κ2) is 4.73. The van der Waals surface area contributed by atoms with Crippen LogP contribution in [0.5, 0.6) is 5.75 Å². The predicted octanol–water partition coefficient (Wildman–Crippen LogP) is 3.87. The third-order valence-corrected chi connectivity index (χ3v) is 3.22. The molecule has 0 radical (unpaired) electrons. The maximum absolute atomic E-state index is 5.87. The lowest BCUT2D eigenvalue weighted by atomic mass is 9.96. The second-order valence-electron chi connectivity index (χ2n) is 4.73. The average molecular weight is 241 g/mol. The average Bonchev–Trinajstić information content (AvgIpc) is 2.32. The van der Waals surface area contributed by atoms with E-state index in [0.717, 1.165) is 28.1 Å². The molecule has 2 rings (SSSR count). The first kappa shape index (κ1) is 12.5. The molecule has 0 saturated heterocycles. The number of anilines is 1. The zero-order valence-electron chi connectivity index (χ0n) is 11.4. The minimum Gasteiger partial charge on any atom is -0.496 e. The van der Waals surface area contributed by atoms with Crippen LogP contribution >= 0.6 is 0 Å². The molecule has 2 nitrogen and oxygen atoms in total. The molecule has 0 aliphatic carbocycles. The lowest BCUT2D eigenvalue weighted by Gasteiger charge is -2.14. The minimum absolute atomic E-state index is 0.822. The highest BCUT2D eigenvalue weighted by Gasteiger charge is 2.10. The zero-order valence-corrected chi connectivity index (χ0v) is 11.4. The maximum atomic E-state index is 5.87. The van der Waals surface area contributed by atoms with Crippen molar-refractivity contribution in [2.24, 2.45) is 0 Å². The summed E-state index contributed by atoms with van der Waals surface area (Å²) in [5, 5.41) is 0. The number of hydrogen-bond acceptors (Lipinski definition) is 2. The number of rotatable bonds is 2. The lowest BCUT2D eigenvalue weighted by molar-refractivity contribution is 0.416. The zero-order chi connectivity index (χ0) is 13.3. The van der Waals surface area contributed by atoms with Crippen molar-refractivity contribution in [1.29, 1.82) is 0 Å². The van der Waals surface area contributed by atoms with Crippen molar-refractivity contribution in [2.45, 2.75) is 20.8 Å². The van der Waals surface area contributed by atoms with Crippen LogP contribution in [-0.4, -0.2) is 7.11 Å². The van der Waals surface area contributed by atoms with E-state index in [1.807, 2.05) is 19.1 Å². The summed E-state index contributed by atoms with van der Waals surface area (Å²) < 4.78 is 5.50. The third-order valence-electron chi connectivity index (χ3n) is 3.22. The van der Waals surface area contributed by atoms with E-state index in [-0.39, 0.29) is 0 Å². The molecule has 0 amide bonds. The Labute approximate surface area is 108 Å². The number of nitrogen functional groups attached to an aromatic ring is 1. The van der Waals surface area contributed by atoms with Gasteiger partial charge in [-0.3, -0.25) is 0 Å². The predicted molar refractivity (Wildman–Crippen MR) is 77.1 cm³/mol. The van der Waals surface area contributed by atoms with Gasteiger partial charge < -0.3 is 10.5 Å². The summed E-state index contributed by atoms with van der Waals surface area (Å²) in [5.74, 6) is 0.914. The van der Waals surface area contributed by atoms with Crippen molar-refractivity contribution in [2.75, 3.05) is 12.8 Å². The SMILES string of the molecule is COc1cc(C)cc(C)c1-c1ccc(N)c(C)c1. The van der Waals surface area contributed by atoms with Gasteiger partial charge in [0.15, 0.2) is 0 Å². The van der Waals surface area contributed by atoms with Crippen molar-refractivity contribution in [1.82, 2.24) is 0 Å². The van der Waals surface area contributed by atoms with E-state index >= 15 is 0 Å². The van der Waals surface area contributed by atoms with E-state index in [1.165, 1.54) is 11.1 Å². The molecule has 0 aliphatic heterocycles. The molecule has 18 heavy (non-hydrogen) atoms. The van der Waals surface area contributed by atoms with Crippen LogP contribution < -0.4 is 10.5 Å². The Morgan fingerprint density at radius 2 is 1.67 bits per heavy atom. The summed E-state index contributed by atoms with van der Waals surface area (Å²) in [6.45, 7) is 6.21. The highest BCUT2D eigenvalue weighted by Crippen LogP contribution is 2.35. The molecule has 2 heteroatoms. The second-order valence-corrected chi connectivity index (χ2v) is 4.73. The third kappa shape index (κ3) is 2.19. The van der Waals surface area contributed by atoms with Gasteiger partial charge in [-0.15, -0.1) is 0 Å². The van der Waals surface area contributed by atoms with Crippen molar-refractivity contribution in [3.8, 4) is 16.9 Å². The monoisotopic (exact) mass is 241 g/mol. The number of methoxy groups -OCH3 is 1. The van der Waals surface area contributed by atoms with Gasteiger partial charge in [-0.05, 0) is 61.2 Å². The van der Waals surface area contributed by atoms with Crippen LogP contribution in [0.3, 0.4) is 0 Å². The topological polar surface area (TPSA) is 35.2 Å². The normalized spacial score (nSPS) is 10.4. The summed E-state index contributed by atoms with van der Waals surface area (Å²) in [6, 6.07) is 10.3. The van der Waals surface area contributed by atoms with E-state index in [2.05, 4.69) is 32.0 Å². The summed E-state index contributed by atoms with van der Waals surface area (Å²) in [7, 11) is 1.71.